The lowest BCUT2D eigenvalue weighted by molar-refractivity contribution is 1.03. The fourth-order valence-corrected chi connectivity index (χ4v) is 2.20. The number of rotatable bonds is 3. The van der Waals surface area contributed by atoms with Crippen LogP contribution >= 0.6 is 0 Å². The quantitative estimate of drug-likeness (QED) is 0.793. The summed E-state index contributed by atoms with van der Waals surface area (Å²) in [5.41, 5.74) is 9.05. The molecule has 0 atom stereocenters. The van der Waals surface area contributed by atoms with E-state index in [9.17, 15) is 0 Å². The molecular weight excluding hydrogens is 272 g/mol. The van der Waals surface area contributed by atoms with Crippen LogP contribution in [0.4, 0.5) is 0 Å². The van der Waals surface area contributed by atoms with Gasteiger partial charge in [0.05, 0.1) is 11.7 Å². The zero-order valence-electron chi connectivity index (χ0n) is 13.0. The van der Waals surface area contributed by atoms with Crippen molar-refractivity contribution in [3.8, 4) is 5.82 Å². The lowest BCUT2D eigenvalue weighted by Gasteiger charge is -2.09. The maximum atomic E-state index is 5.83. The van der Waals surface area contributed by atoms with E-state index < -0.39 is 0 Å². The van der Waals surface area contributed by atoms with Gasteiger partial charge in [0.25, 0.3) is 0 Å². The largest absolute Gasteiger partial charge is 0.399 e. The second-order valence-electron chi connectivity index (χ2n) is 4.48. The third-order valence-corrected chi connectivity index (χ3v) is 3.23. The van der Waals surface area contributed by atoms with Crippen molar-refractivity contribution in [1.29, 1.82) is 0 Å². The predicted molar refractivity (Wildman–Crippen MR) is 93.5 cm³/mol. The van der Waals surface area contributed by atoms with Crippen molar-refractivity contribution in [2.75, 3.05) is 0 Å². The lowest BCUT2D eigenvalue weighted by Crippen LogP contribution is -2.02. The van der Waals surface area contributed by atoms with Crippen molar-refractivity contribution in [2.24, 2.45) is 5.73 Å². The molecule has 0 aromatic carbocycles. The molecule has 0 radical (unpaired) electrons. The first-order chi connectivity index (χ1) is 10.7. The minimum Gasteiger partial charge on any atom is -0.399 e. The van der Waals surface area contributed by atoms with Crippen LogP contribution in [0, 0.1) is 0 Å². The Bertz CT molecular complexity index is 815. The third-order valence-electron chi connectivity index (χ3n) is 3.23. The summed E-state index contributed by atoms with van der Waals surface area (Å²) in [7, 11) is 0. The Labute approximate surface area is 130 Å². The Hall–Kier alpha value is -2.88. The Morgan fingerprint density at radius 3 is 2.73 bits per heavy atom. The molecule has 0 fully saturated rings. The molecule has 0 amide bonds. The molecule has 3 aromatic heterocycles. The topological polar surface area (TPSA) is 56.7 Å². The van der Waals surface area contributed by atoms with Crippen LogP contribution in [0.2, 0.25) is 0 Å². The molecule has 0 unspecified atom stereocenters. The Morgan fingerprint density at radius 1 is 1.27 bits per heavy atom. The molecule has 3 heterocycles. The van der Waals surface area contributed by atoms with Crippen LogP contribution in [0.15, 0.2) is 56.1 Å². The van der Waals surface area contributed by atoms with Gasteiger partial charge < -0.3 is 5.73 Å². The van der Waals surface area contributed by atoms with Crippen molar-refractivity contribution in [2.45, 2.75) is 13.8 Å². The second-order valence-corrected chi connectivity index (χ2v) is 4.48. The highest BCUT2D eigenvalue weighted by Gasteiger charge is 2.08. The minimum absolute atomic E-state index is 0.498. The third kappa shape index (κ3) is 2.76. The first-order valence-electron chi connectivity index (χ1n) is 7.19. The van der Waals surface area contributed by atoms with Gasteiger partial charge in [-0.15, -0.1) is 0 Å². The molecule has 4 heteroatoms. The summed E-state index contributed by atoms with van der Waals surface area (Å²) in [6.07, 6.45) is 9.02. The highest BCUT2D eigenvalue weighted by Crippen LogP contribution is 2.22. The minimum atomic E-state index is 0.498. The Kier molecular flexibility index (Phi) is 4.73. The van der Waals surface area contributed by atoms with E-state index in [2.05, 4.69) is 23.1 Å². The number of pyridine rings is 2. The van der Waals surface area contributed by atoms with Crippen LogP contribution in [0.3, 0.4) is 0 Å². The van der Waals surface area contributed by atoms with Gasteiger partial charge in [0.15, 0.2) is 0 Å². The molecule has 0 spiro atoms. The Balaban J connectivity index is 0.000000847. The molecule has 0 saturated heterocycles. The van der Waals surface area contributed by atoms with Crippen LogP contribution in [-0.2, 0) is 0 Å². The van der Waals surface area contributed by atoms with Gasteiger partial charge in [-0.1, -0.05) is 33.1 Å². The molecule has 4 nitrogen and oxygen atoms in total. The molecule has 0 bridgehead atoms. The smallest absolute Gasteiger partial charge is 0.137 e. The van der Waals surface area contributed by atoms with Crippen LogP contribution in [-0.4, -0.2) is 14.5 Å². The van der Waals surface area contributed by atoms with E-state index in [1.165, 1.54) is 0 Å². The summed E-state index contributed by atoms with van der Waals surface area (Å²) in [5.74, 6) is 0.778. The van der Waals surface area contributed by atoms with Crippen molar-refractivity contribution in [3.05, 3.63) is 67.3 Å². The number of hydrogen-bond acceptors (Lipinski definition) is 3. The molecule has 0 aliphatic heterocycles. The van der Waals surface area contributed by atoms with Gasteiger partial charge in [-0.05, 0) is 18.2 Å². The van der Waals surface area contributed by atoms with E-state index >= 15 is 0 Å². The fourth-order valence-electron chi connectivity index (χ4n) is 2.20. The predicted octanol–water partition coefficient (Wildman–Crippen LogP) is 4.02. The van der Waals surface area contributed by atoms with Crippen LogP contribution < -0.4 is 5.73 Å². The average Bonchev–Trinajstić information content (AvgIpc) is 3.00. The number of fused-ring (bicyclic) bond motifs is 1. The molecule has 0 saturated carbocycles. The monoisotopic (exact) mass is 292 g/mol. The number of nitrogens with two attached hydrogens (primary N) is 1. The number of aromatic nitrogens is 3. The molecule has 3 aromatic rings. The zero-order valence-corrected chi connectivity index (χ0v) is 13.0. The first-order valence-corrected chi connectivity index (χ1v) is 7.19. The van der Waals surface area contributed by atoms with Crippen molar-refractivity contribution in [3.63, 3.8) is 0 Å². The highest BCUT2D eigenvalue weighted by molar-refractivity contribution is 5.81. The summed E-state index contributed by atoms with van der Waals surface area (Å²) in [6, 6.07) is 5.90. The van der Waals surface area contributed by atoms with Crippen molar-refractivity contribution in [1.82, 2.24) is 14.5 Å². The first kappa shape index (κ1) is 15.5. The lowest BCUT2D eigenvalue weighted by atomic mass is 10.1. The van der Waals surface area contributed by atoms with Gasteiger partial charge in [-0.25, -0.2) is 4.98 Å². The Morgan fingerprint density at radius 2 is 2.05 bits per heavy atom. The van der Waals surface area contributed by atoms with Crippen molar-refractivity contribution < 1.29 is 0 Å². The van der Waals surface area contributed by atoms with E-state index in [4.69, 9.17) is 5.73 Å². The van der Waals surface area contributed by atoms with Gasteiger partial charge in [0.2, 0.25) is 0 Å². The molecule has 3 rings (SSSR count). The summed E-state index contributed by atoms with van der Waals surface area (Å²) in [5, 5.41) is 1.11. The maximum Gasteiger partial charge on any atom is 0.137 e. The van der Waals surface area contributed by atoms with Gasteiger partial charge in [0, 0.05) is 40.8 Å². The normalized spacial score (nSPS) is 9.91. The number of nitrogens with zero attached hydrogens (tertiary/aromatic N) is 3. The number of hydrogen-bond donors (Lipinski definition) is 1. The molecule has 112 valence electrons. The van der Waals surface area contributed by atoms with E-state index in [0.717, 1.165) is 27.8 Å². The van der Waals surface area contributed by atoms with E-state index in [1.54, 1.807) is 18.5 Å². The fraction of sp³-hybridized carbons (Fsp3) is 0.111. The summed E-state index contributed by atoms with van der Waals surface area (Å²) >= 11 is 0. The van der Waals surface area contributed by atoms with E-state index in [1.807, 2.05) is 49.0 Å². The van der Waals surface area contributed by atoms with Gasteiger partial charge in [-0.2, -0.15) is 0 Å². The van der Waals surface area contributed by atoms with Gasteiger partial charge >= 0.3 is 0 Å². The standard InChI is InChI=1S/C16H14N4.C2H6/c1-3-12-9-19-16(8-14(12)11(2)17)20-7-5-13-4-6-18-10-15(13)20;1-2/h3-10H,1-2,17H2;1-2H3. The summed E-state index contributed by atoms with van der Waals surface area (Å²) in [4.78, 5) is 8.61. The van der Waals surface area contributed by atoms with Crippen LogP contribution in [0.25, 0.3) is 28.5 Å². The molecular formula is C18H20N4. The van der Waals surface area contributed by atoms with Gasteiger partial charge in [0.1, 0.15) is 5.82 Å². The molecule has 2 N–H and O–H groups in total. The maximum absolute atomic E-state index is 5.83. The highest BCUT2D eigenvalue weighted by atomic mass is 15.1. The summed E-state index contributed by atoms with van der Waals surface area (Å²) < 4.78 is 1.97. The van der Waals surface area contributed by atoms with Crippen LogP contribution in [0.5, 0.6) is 0 Å². The van der Waals surface area contributed by atoms with Crippen molar-refractivity contribution >= 4 is 22.7 Å². The SMILES string of the molecule is C=Cc1cnc(-n2ccc3ccncc32)cc1C(=C)N.CC. The van der Waals surface area contributed by atoms with Gasteiger partial charge in [-0.3, -0.25) is 9.55 Å². The van der Waals surface area contributed by atoms with Crippen LogP contribution in [0.1, 0.15) is 25.0 Å². The average molecular weight is 292 g/mol. The molecule has 0 aliphatic rings. The van der Waals surface area contributed by atoms with E-state index in [-0.39, 0.29) is 0 Å². The van der Waals surface area contributed by atoms with E-state index in [0.29, 0.717) is 5.70 Å². The molecule has 22 heavy (non-hydrogen) atoms. The second kappa shape index (κ2) is 6.72. The summed E-state index contributed by atoms with van der Waals surface area (Å²) in [6.45, 7) is 11.6. The molecule has 0 aliphatic carbocycles. The zero-order chi connectivity index (χ0) is 16.1.